The Bertz CT molecular complexity index is 549. The van der Waals surface area contributed by atoms with Gasteiger partial charge < -0.3 is 10.1 Å². The topological polar surface area (TPSA) is 34.1 Å². The van der Waals surface area contributed by atoms with Crippen LogP contribution in [0.15, 0.2) is 48.7 Å². The highest BCUT2D eigenvalue weighted by Gasteiger charge is 2.31. The van der Waals surface area contributed by atoms with Crippen LogP contribution in [0.25, 0.3) is 0 Å². The average molecular weight is 282 g/mol. The maximum atomic E-state index is 5.24. The van der Waals surface area contributed by atoms with Crippen LogP contribution in [0.5, 0.6) is 5.75 Å². The Morgan fingerprint density at radius 1 is 1.19 bits per heavy atom. The predicted molar refractivity (Wildman–Crippen MR) is 84.4 cm³/mol. The first-order valence-electron chi connectivity index (χ1n) is 7.64. The van der Waals surface area contributed by atoms with Gasteiger partial charge in [0, 0.05) is 30.9 Å². The van der Waals surface area contributed by atoms with Crippen molar-refractivity contribution >= 4 is 0 Å². The lowest BCUT2D eigenvalue weighted by molar-refractivity contribution is 0.413. The average Bonchev–Trinajstić information content (AvgIpc) is 3.38. The van der Waals surface area contributed by atoms with Crippen LogP contribution >= 0.6 is 0 Å². The van der Waals surface area contributed by atoms with Gasteiger partial charge in [-0.1, -0.05) is 18.2 Å². The van der Waals surface area contributed by atoms with Gasteiger partial charge in [0.2, 0.25) is 0 Å². The number of benzene rings is 1. The molecule has 1 heterocycles. The Labute approximate surface area is 126 Å². The lowest BCUT2D eigenvalue weighted by Gasteiger charge is -2.19. The molecule has 1 aromatic heterocycles. The second-order valence-electron chi connectivity index (χ2n) is 5.61. The molecule has 0 radical (unpaired) electrons. The normalized spacial score (nSPS) is 15.7. The van der Waals surface area contributed by atoms with Crippen LogP contribution in [0.3, 0.4) is 0 Å². The molecule has 1 aliphatic carbocycles. The van der Waals surface area contributed by atoms with Crippen molar-refractivity contribution in [1.82, 2.24) is 10.3 Å². The van der Waals surface area contributed by atoms with Crippen LogP contribution in [0.1, 0.15) is 30.1 Å². The minimum absolute atomic E-state index is 0.458. The van der Waals surface area contributed by atoms with Crippen LogP contribution in [-0.2, 0) is 6.42 Å². The third-order valence-electron chi connectivity index (χ3n) is 4.04. The first kappa shape index (κ1) is 14.1. The monoisotopic (exact) mass is 282 g/mol. The fourth-order valence-electron chi connectivity index (χ4n) is 2.70. The Hall–Kier alpha value is -1.87. The highest BCUT2D eigenvalue weighted by atomic mass is 16.5. The minimum atomic E-state index is 0.458. The molecule has 1 fully saturated rings. The van der Waals surface area contributed by atoms with Crippen molar-refractivity contribution in [2.75, 3.05) is 13.7 Å². The molecule has 0 aliphatic heterocycles. The second kappa shape index (κ2) is 6.72. The molecular weight excluding hydrogens is 260 g/mol. The highest BCUT2D eigenvalue weighted by Crippen LogP contribution is 2.41. The van der Waals surface area contributed by atoms with Crippen molar-refractivity contribution in [3.8, 4) is 5.75 Å². The fraction of sp³-hybridized carbons (Fsp3) is 0.389. The predicted octanol–water partition coefficient (Wildman–Crippen LogP) is 3.37. The molecule has 1 N–H and O–H groups in total. The Morgan fingerprint density at radius 2 is 2.00 bits per heavy atom. The summed E-state index contributed by atoms with van der Waals surface area (Å²) in [5, 5.41) is 3.70. The lowest BCUT2D eigenvalue weighted by atomic mass is 10.0. The number of methoxy groups -OCH3 is 1. The number of rotatable bonds is 7. The van der Waals surface area contributed by atoms with E-state index in [9.17, 15) is 0 Å². The van der Waals surface area contributed by atoms with Crippen LogP contribution in [0.4, 0.5) is 0 Å². The maximum absolute atomic E-state index is 5.24. The van der Waals surface area contributed by atoms with Gasteiger partial charge in [-0.05, 0) is 48.6 Å². The van der Waals surface area contributed by atoms with Gasteiger partial charge in [0.15, 0.2) is 0 Å². The van der Waals surface area contributed by atoms with E-state index in [1.54, 1.807) is 7.11 Å². The molecule has 3 rings (SSSR count). The number of nitrogens with one attached hydrogen (secondary N) is 1. The summed E-state index contributed by atoms with van der Waals surface area (Å²) in [5.41, 5.74) is 2.51. The van der Waals surface area contributed by atoms with Gasteiger partial charge >= 0.3 is 0 Å². The van der Waals surface area contributed by atoms with Gasteiger partial charge in [-0.15, -0.1) is 0 Å². The van der Waals surface area contributed by atoms with E-state index < -0.39 is 0 Å². The van der Waals surface area contributed by atoms with Gasteiger partial charge in [0.1, 0.15) is 5.75 Å². The zero-order chi connectivity index (χ0) is 14.5. The molecule has 1 aromatic carbocycles. The molecule has 3 nitrogen and oxygen atoms in total. The number of hydrogen-bond acceptors (Lipinski definition) is 3. The Kier molecular flexibility index (Phi) is 4.51. The van der Waals surface area contributed by atoms with E-state index in [0.717, 1.165) is 30.3 Å². The van der Waals surface area contributed by atoms with Crippen molar-refractivity contribution in [3.63, 3.8) is 0 Å². The molecule has 1 atom stereocenters. The summed E-state index contributed by atoms with van der Waals surface area (Å²) in [6.07, 6.45) is 5.48. The number of aromatic nitrogens is 1. The number of hydrogen-bond donors (Lipinski definition) is 1. The van der Waals surface area contributed by atoms with E-state index in [2.05, 4.69) is 28.5 Å². The third kappa shape index (κ3) is 3.82. The molecule has 110 valence electrons. The van der Waals surface area contributed by atoms with Crippen LogP contribution < -0.4 is 10.1 Å². The summed E-state index contributed by atoms with van der Waals surface area (Å²) < 4.78 is 5.24. The first-order valence-corrected chi connectivity index (χ1v) is 7.64. The van der Waals surface area contributed by atoms with Crippen molar-refractivity contribution in [2.45, 2.75) is 25.3 Å². The van der Waals surface area contributed by atoms with Gasteiger partial charge in [0.25, 0.3) is 0 Å². The highest BCUT2D eigenvalue weighted by molar-refractivity contribution is 5.30. The molecule has 0 spiro atoms. The van der Waals surface area contributed by atoms with Crippen LogP contribution in [0.2, 0.25) is 0 Å². The largest absolute Gasteiger partial charge is 0.497 e. The van der Waals surface area contributed by atoms with Gasteiger partial charge in [-0.2, -0.15) is 0 Å². The van der Waals surface area contributed by atoms with Gasteiger partial charge in [-0.25, -0.2) is 0 Å². The molecule has 0 amide bonds. The summed E-state index contributed by atoms with van der Waals surface area (Å²) >= 11 is 0. The summed E-state index contributed by atoms with van der Waals surface area (Å²) in [6, 6.07) is 15.0. The SMILES string of the molecule is COc1ccc(C(NCCc2ccccn2)C2CC2)cc1. The van der Waals surface area contributed by atoms with Crippen molar-refractivity contribution < 1.29 is 4.74 Å². The summed E-state index contributed by atoms with van der Waals surface area (Å²) in [7, 11) is 1.71. The minimum Gasteiger partial charge on any atom is -0.497 e. The number of nitrogens with zero attached hydrogens (tertiary/aromatic N) is 1. The first-order chi connectivity index (χ1) is 10.4. The fourth-order valence-corrected chi connectivity index (χ4v) is 2.70. The second-order valence-corrected chi connectivity index (χ2v) is 5.61. The van der Waals surface area contributed by atoms with E-state index in [1.807, 2.05) is 30.5 Å². The Balaban J connectivity index is 1.59. The smallest absolute Gasteiger partial charge is 0.118 e. The van der Waals surface area contributed by atoms with Gasteiger partial charge in [0.05, 0.1) is 7.11 Å². The zero-order valence-electron chi connectivity index (χ0n) is 12.5. The molecular formula is C18H22N2O. The summed E-state index contributed by atoms with van der Waals surface area (Å²) in [4.78, 5) is 4.37. The third-order valence-corrected chi connectivity index (χ3v) is 4.04. The van der Waals surface area contributed by atoms with E-state index >= 15 is 0 Å². The molecule has 1 saturated carbocycles. The molecule has 2 aromatic rings. The molecule has 1 unspecified atom stereocenters. The maximum Gasteiger partial charge on any atom is 0.118 e. The number of pyridine rings is 1. The molecule has 3 heteroatoms. The zero-order valence-corrected chi connectivity index (χ0v) is 12.5. The van der Waals surface area contributed by atoms with E-state index in [0.29, 0.717) is 6.04 Å². The molecule has 21 heavy (non-hydrogen) atoms. The molecule has 0 bridgehead atoms. The standard InChI is InChI=1S/C18H22N2O/c1-21-17-9-7-15(8-10-17)18(14-5-6-14)20-13-11-16-4-2-3-12-19-16/h2-4,7-10,12,14,18,20H,5-6,11,13H2,1H3. The van der Waals surface area contributed by atoms with E-state index in [1.165, 1.54) is 18.4 Å². The summed E-state index contributed by atoms with van der Waals surface area (Å²) in [5.74, 6) is 1.70. The van der Waals surface area contributed by atoms with Crippen LogP contribution in [0, 0.1) is 5.92 Å². The van der Waals surface area contributed by atoms with E-state index in [4.69, 9.17) is 4.74 Å². The lowest BCUT2D eigenvalue weighted by Crippen LogP contribution is -2.25. The van der Waals surface area contributed by atoms with Crippen molar-refractivity contribution in [2.24, 2.45) is 5.92 Å². The van der Waals surface area contributed by atoms with Crippen molar-refractivity contribution in [3.05, 3.63) is 59.9 Å². The quantitative estimate of drug-likeness (QED) is 0.845. The van der Waals surface area contributed by atoms with E-state index in [-0.39, 0.29) is 0 Å². The number of ether oxygens (including phenoxy) is 1. The van der Waals surface area contributed by atoms with Crippen molar-refractivity contribution in [1.29, 1.82) is 0 Å². The van der Waals surface area contributed by atoms with Gasteiger partial charge in [-0.3, -0.25) is 4.98 Å². The summed E-state index contributed by atoms with van der Waals surface area (Å²) in [6.45, 7) is 0.963. The molecule has 1 aliphatic rings. The Morgan fingerprint density at radius 3 is 2.62 bits per heavy atom. The molecule has 0 saturated heterocycles. The van der Waals surface area contributed by atoms with Crippen LogP contribution in [-0.4, -0.2) is 18.6 Å².